The van der Waals surface area contributed by atoms with E-state index in [-0.39, 0.29) is 38.3 Å². The standard InChI is InChI=1S/C20H19ClF3N3O3S/c1-30-10-9-26-18(16-7-8-17(21)31-16)25-27(19(26)29)12-15(28)6-5-13-3-2-4-14(11-13)20(22,23)24/h2-4,7-8,11H,5-6,9-10,12H2,1H3. The second-order valence-corrected chi connectivity index (χ2v) is 8.46. The molecule has 0 aliphatic rings. The lowest BCUT2D eigenvalue weighted by Gasteiger charge is -2.08. The van der Waals surface area contributed by atoms with Crippen molar-refractivity contribution in [2.45, 2.75) is 32.1 Å². The fourth-order valence-electron chi connectivity index (χ4n) is 2.98. The Bertz CT molecular complexity index is 1120. The Balaban J connectivity index is 1.74. The number of hydrogen-bond acceptors (Lipinski definition) is 5. The van der Waals surface area contributed by atoms with Gasteiger partial charge in [0.25, 0.3) is 0 Å². The molecule has 0 aliphatic heterocycles. The smallest absolute Gasteiger partial charge is 0.383 e. The maximum atomic E-state index is 12.8. The number of aromatic nitrogens is 3. The van der Waals surface area contributed by atoms with E-state index in [0.29, 0.717) is 20.6 Å². The minimum absolute atomic E-state index is 0.0150. The number of carbonyl (C=O) groups excluding carboxylic acids is 1. The van der Waals surface area contributed by atoms with Gasteiger partial charge < -0.3 is 4.74 Å². The second kappa shape index (κ2) is 9.80. The summed E-state index contributed by atoms with van der Waals surface area (Å²) in [4.78, 5) is 25.8. The number of ether oxygens (including phenoxy) is 1. The van der Waals surface area contributed by atoms with Crippen molar-refractivity contribution < 1.29 is 22.7 Å². The molecular formula is C20H19ClF3N3O3S. The van der Waals surface area contributed by atoms with Crippen molar-refractivity contribution in [1.82, 2.24) is 14.3 Å². The number of aryl methyl sites for hydroxylation is 1. The Morgan fingerprint density at radius 1 is 1.26 bits per heavy atom. The van der Waals surface area contributed by atoms with Gasteiger partial charge in [0.15, 0.2) is 11.6 Å². The summed E-state index contributed by atoms with van der Waals surface area (Å²) in [6, 6.07) is 8.27. The average Bonchev–Trinajstić information content (AvgIpc) is 3.28. The van der Waals surface area contributed by atoms with Crippen LogP contribution in [0.2, 0.25) is 4.34 Å². The van der Waals surface area contributed by atoms with Crippen LogP contribution in [0.3, 0.4) is 0 Å². The third-order valence-corrected chi connectivity index (χ3v) is 5.74. The van der Waals surface area contributed by atoms with Gasteiger partial charge in [0.05, 0.1) is 27.9 Å². The number of Topliss-reactive ketones (excluding diaryl/α,β-unsaturated/α-hetero) is 1. The van der Waals surface area contributed by atoms with Crippen molar-refractivity contribution in [3.05, 3.63) is 62.3 Å². The Labute approximate surface area is 184 Å². The van der Waals surface area contributed by atoms with Gasteiger partial charge in [0.2, 0.25) is 0 Å². The maximum absolute atomic E-state index is 12.8. The van der Waals surface area contributed by atoms with Gasteiger partial charge >= 0.3 is 11.9 Å². The zero-order chi connectivity index (χ0) is 22.6. The third-order valence-electron chi connectivity index (χ3n) is 4.51. The highest BCUT2D eigenvalue weighted by molar-refractivity contribution is 7.19. The Hall–Kier alpha value is -2.43. The number of ketones is 1. The van der Waals surface area contributed by atoms with Crippen LogP contribution in [0, 0.1) is 0 Å². The molecule has 2 heterocycles. The van der Waals surface area contributed by atoms with Gasteiger partial charge in [0, 0.05) is 13.5 Å². The van der Waals surface area contributed by atoms with Gasteiger partial charge in [-0.1, -0.05) is 29.8 Å². The van der Waals surface area contributed by atoms with Crippen LogP contribution in [0.15, 0.2) is 41.2 Å². The molecule has 0 saturated carbocycles. The molecule has 3 rings (SSSR count). The molecule has 0 bridgehead atoms. The summed E-state index contributed by atoms with van der Waals surface area (Å²) >= 11 is 7.24. The van der Waals surface area contributed by atoms with Crippen molar-refractivity contribution in [1.29, 1.82) is 0 Å². The molecule has 0 radical (unpaired) electrons. The molecule has 0 amide bonds. The lowest BCUT2D eigenvalue weighted by Crippen LogP contribution is -2.29. The van der Waals surface area contributed by atoms with Gasteiger partial charge in [-0.2, -0.15) is 13.2 Å². The van der Waals surface area contributed by atoms with E-state index in [1.165, 1.54) is 35.1 Å². The molecule has 166 valence electrons. The van der Waals surface area contributed by atoms with Crippen molar-refractivity contribution >= 4 is 28.7 Å². The first-order chi connectivity index (χ1) is 14.7. The van der Waals surface area contributed by atoms with Crippen LogP contribution in [0.1, 0.15) is 17.5 Å². The van der Waals surface area contributed by atoms with E-state index in [9.17, 15) is 22.8 Å². The number of methoxy groups -OCH3 is 1. The van der Waals surface area contributed by atoms with Gasteiger partial charge in [-0.3, -0.25) is 9.36 Å². The van der Waals surface area contributed by atoms with Crippen LogP contribution in [-0.4, -0.2) is 33.8 Å². The Morgan fingerprint density at radius 2 is 2.03 bits per heavy atom. The van der Waals surface area contributed by atoms with E-state index in [0.717, 1.165) is 16.8 Å². The number of benzene rings is 1. The second-order valence-electron chi connectivity index (χ2n) is 6.75. The van der Waals surface area contributed by atoms with Crippen LogP contribution in [0.25, 0.3) is 10.7 Å². The van der Waals surface area contributed by atoms with E-state index in [1.54, 1.807) is 12.1 Å². The highest BCUT2D eigenvalue weighted by atomic mass is 35.5. The fraction of sp³-hybridized carbons (Fsp3) is 0.350. The first-order valence-corrected chi connectivity index (χ1v) is 10.5. The fourth-order valence-corrected chi connectivity index (χ4v) is 4.01. The largest absolute Gasteiger partial charge is 0.416 e. The van der Waals surface area contributed by atoms with Crippen LogP contribution < -0.4 is 5.69 Å². The van der Waals surface area contributed by atoms with Crippen molar-refractivity contribution in [3.8, 4) is 10.7 Å². The molecule has 2 aromatic heterocycles. The minimum atomic E-state index is -4.44. The quantitative estimate of drug-likeness (QED) is 0.465. The lowest BCUT2D eigenvalue weighted by molar-refractivity contribution is -0.137. The summed E-state index contributed by atoms with van der Waals surface area (Å²) in [6.45, 7) is 0.254. The normalized spacial score (nSPS) is 11.8. The van der Waals surface area contributed by atoms with Crippen molar-refractivity contribution in [3.63, 3.8) is 0 Å². The minimum Gasteiger partial charge on any atom is -0.383 e. The molecule has 6 nitrogen and oxygen atoms in total. The van der Waals surface area contributed by atoms with Gasteiger partial charge in [-0.05, 0) is 30.2 Å². The molecule has 11 heteroatoms. The number of halogens is 4. The zero-order valence-corrected chi connectivity index (χ0v) is 18.1. The molecule has 3 aromatic rings. The Kier molecular flexibility index (Phi) is 7.34. The van der Waals surface area contributed by atoms with Gasteiger partial charge in [-0.15, -0.1) is 16.4 Å². The van der Waals surface area contributed by atoms with Crippen LogP contribution in [0.5, 0.6) is 0 Å². The predicted octanol–water partition coefficient (Wildman–Crippen LogP) is 4.29. The summed E-state index contributed by atoms with van der Waals surface area (Å²) in [6.07, 6.45) is -4.32. The Morgan fingerprint density at radius 3 is 2.68 bits per heavy atom. The molecule has 1 aromatic carbocycles. The highest BCUT2D eigenvalue weighted by Crippen LogP contribution is 2.30. The molecule has 0 spiro atoms. The number of rotatable bonds is 9. The lowest BCUT2D eigenvalue weighted by atomic mass is 10.0. The van der Waals surface area contributed by atoms with Crippen molar-refractivity contribution in [2.75, 3.05) is 13.7 Å². The van der Waals surface area contributed by atoms with Crippen LogP contribution in [0.4, 0.5) is 13.2 Å². The summed E-state index contributed by atoms with van der Waals surface area (Å²) < 4.78 is 46.6. The van der Waals surface area contributed by atoms with E-state index in [2.05, 4.69) is 5.10 Å². The average molecular weight is 474 g/mol. The van der Waals surface area contributed by atoms with Crippen molar-refractivity contribution in [2.24, 2.45) is 0 Å². The number of alkyl halides is 3. The SMILES string of the molecule is COCCn1c(-c2ccc(Cl)s2)nn(CC(=O)CCc2cccc(C(F)(F)F)c2)c1=O. The molecule has 0 atom stereocenters. The van der Waals surface area contributed by atoms with E-state index in [1.807, 2.05) is 0 Å². The first-order valence-electron chi connectivity index (χ1n) is 9.29. The molecular weight excluding hydrogens is 455 g/mol. The number of hydrogen-bond donors (Lipinski definition) is 0. The molecule has 0 aliphatic carbocycles. The topological polar surface area (TPSA) is 66.1 Å². The molecule has 0 fully saturated rings. The first kappa shape index (κ1) is 23.2. The molecule has 0 saturated heterocycles. The van der Waals surface area contributed by atoms with Crippen LogP contribution >= 0.6 is 22.9 Å². The van der Waals surface area contributed by atoms with Gasteiger partial charge in [0.1, 0.15) is 6.54 Å². The number of thiophene rings is 1. The summed E-state index contributed by atoms with van der Waals surface area (Å²) in [5.41, 5.74) is -0.830. The van der Waals surface area contributed by atoms with Gasteiger partial charge in [-0.25, -0.2) is 9.48 Å². The molecule has 0 unspecified atom stereocenters. The monoisotopic (exact) mass is 473 g/mol. The molecule has 0 N–H and O–H groups in total. The maximum Gasteiger partial charge on any atom is 0.416 e. The summed E-state index contributed by atoms with van der Waals surface area (Å²) in [5.74, 6) is 0.0660. The van der Waals surface area contributed by atoms with E-state index in [4.69, 9.17) is 16.3 Å². The third kappa shape index (κ3) is 5.84. The number of carbonyl (C=O) groups is 1. The zero-order valence-electron chi connectivity index (χ0n) is 16.5. The van der Waals surface area contributed by atoms with Crippen LogP contribution in [-0.2, 0) is 35.2 Å². The summed E-state index contributed by atoms with van der Waals surface area (Å²) in [7, 11) is 1.51. The molecule has 31 heavy (non-hydrogen) atoms. The summed E-state index contributed by atoms with van der Waals surface area (Å²) in [5, 5.41) is 4.28. The highest BCUT2D eigenvalue weighted by Gasteiger charge is 2.30. The number of nitrogens with zero attached hydrogens (tertiary/aromatic N) is 3. The van der Waals surface area contributed by atoms with E-state index >= 15 is 0 Å². The van der Waals surface area contributed by atoms with E-state index < -0.39 is 17.4 Å². The predicted molar refractivity (Wildman–Crippen MR) is 111 cm³/mol.